The van der Waals surface area contributed by atoms with E-state index in [9.17, 15) is 4.79 Å². The summed E-state index contributed by atoms with van der Waals surface area (Å²) >= 11 is 3.38. The Morgan fingerprint density at radius 3 is 2.50 bits per heavy atom. The van der Waals surface area contributed by atoms with Crippen molar-refractivity contribution in [1.82, 2.24) is 4.90 Å². The number of ether oxygens (including phenoxy) is 2. The van der Waals surface area contributed by atoms with Crippen molar-refractivity contribution in [2.45, 2.75) is 13.2 Å². The molecule has 0 saturated carbocycles. The van der Waals surface area contributed by atoms with E-state index in [1.54, 1.807) is 36.3 Å². The number of benzene rings is 2. The van der Waals surface area contributed by atoms with E-state index < -0.39 is 0 Å². The number of hydrogen-bond acceptors (Lipinski definition) is 5. The van der Waals surface area contributed by atoms with Gasteiger partial charge in [-0.2, -0.15) is 5.26 Å². The Balaban J connectivity index is 1.66. The zero-order chi connectivity index (χ0) is 21.3. The Morgan fingerprint density at radius 2 is 1.83 bits per heavy atom. The Kier molecular flexibility index (Phi) is 7.66. The number of carbonyl (C=O) groups is 1. The highest BCUT2D eigenvalue weighted by molar-refractivity contribution is 9.10. The second kappa shape index (κ2) is 10.6. The van der Waals surface area contributed by atoms with Gasteiger partial charge in [0.05, 0.1) is 18.2 Å². The molecule has 1 aromatic heterocycles. The highest BCUT2D eigenvalue weighted by Gasteiger charge is 2.20. The van der Waals surface area contributed by atoms with Gasteiger partial charge in [-0.05, 0) is 54.1 Å². The summed E-state index contributed by atoms with van der Waals surface area (Å²) in [5.41, 5.74) is 1.50. The first kappa shape index (κ1) is 21.6. The van der Waals surface area contributed by atoms with E-state index in [4.69, 9.17) is 19.2 Å². The fraction of sp³-hybridized carbons (Fsp3) is 0.217. The number of nitriles is 1. The van der Waals surface area contributed by atoms with E-state index in [2.05, 4.69) is 22.0 Å². The van der Waals surface area contributed by atoms with Gasteiger partial charge in [0.25, 0.3) is 5.91 Å². The Labute approximate surface area is 183 Å². The fourth-order valence-corrected chi connectivity index (χ4v) is 3.03. The lowest BCUT2D eigenvalue weighted by molar-refractivity contribution is 0.0645. The van der Waals surface area contributed by atoms with Crippen molar-refractivity contribution in [2.24, 2.45) is 0 Å². The maximum Gasteiger partial charge on any atom is 0.289 e. The van der Waals surface area contributed by atoms with Crippen LogP contribution in [0.4, 0.5) is 0 Å². The van der Waals surface area contributed by atoms with E-state index in [1.807, 2.05) is 36.4 Å². The summed E-state index contributed by atoms with van der Waals surface area (Å²) in [6, 6.07) is 20.1. The van der Waals surface area contributed by atoms with Gasteiger partial charge < -0.3 is 18.8 Å². The van der Waals surface area contributed by atoms with Crippen molar-refractivity contribution >= 4 is 21.8 Å². The lowest BCUT2D eigenvalue weighted by Crippen LogP contribution is -2.33. The van der Waals surface area contributed by atoms with Crippen LogP contribution in [0.1, 0.15) is 27.4 Å². The molecule has 1 amide bonds. The quantitative estimate of drug-likeness (QED) is 0.451. The zero-order valence-electron chi connectivity index (χ0n) is 16.5. The van der Waals surface area contributed by atoms with Crippen molar-refractivity contribution in [2.75, 3.05) is 20.3 Å². The third kappa shape index (κ3) is 5.96. The molecule has 0 spiro atoms. The van der Waals surface area contributed by atoms with E-state index >= 15 is 0 Å². The molecule has 0 atom stereocenters. The topological polar surface area (TPSA) is 75.7 Å². The number of hydrogen-bond donors (Lipinski definition) is 0. The molecule has 0 aliphatic heterocycles. The minimum atomic E-state index is -0.230. The second-order valence-electron chi connectivity index (χ2n) is 6.54. The van der Waals surface area contributed by atoms with Crippen LogP contribution in [0.15, 0.2) is 69.6 Å². The SMILES string of the molecule is COCCN(Cc1ccc(C#N)cc1)C(=O)c1ccc(COc2ccc(Br)cc2)o1. The first-order valence-electron chi connectivity index (χ1n) is 9.33. The summed E-state index contributed by atoms with van der Waals surface area (Å²) in [6.45, 7) is 1.44. The molecular formula is C23H21BrN2O4. The number of amides is 1. The Bertz CT molecular complexity index is 1010. The molecule has 0 saturated heterocycles. The standard InChI is InChI=1S/C23H21BrN2O4/c1-28-13-12-26(15-18-4-2-17(14-25)3-5-18)23(27)22-11-10-21(30-22)16-29-20-8-6-19(24)7-9-20/h2-11H,12-13,15-16H2,1H3. The molecule has 0 aliphatic rings. The molecule has 2 aromatic carbocycles. The van der Waals surface area contributed by atoms with Gasteiger partial charge in [0.15, 0.2) is 5.76 Å². The molecule has 0 fully saturated rings. The van der Waals surface area contributed by atoms with Crippen molar-refractivity contribution in [3.8, 4) is 11.8 Å². The molecule has 0 bridgehead atoms. The van der Waals surface area contributed by atoms with Crippen LogP contribution in [-0.4, -0.2) is 31.1 Å². The van der Waals surface area contributed by atoms with Gasteiger partial charge in [0, 0.05) is 24.7 Å². The maximum atomic E-state index is 13.0. The van der Waals surface area contributed by atoms with Crippen LogP contribution in [-0.2, 0) is 17.9 Å². The summed E-state index contributed by atoms with van der Waals surface area (Å²) in [5.74, 6) is 1.29. The molecule has 1 heterocycles. The predicted molar refractivity (Wildman–Crippen MR) is 115 cm³/mol. The van der Waals surface area contributed by atoms with Gasteiger partial charge >= 0.3 is 0 Å². The molecule has 7 heteroatoms. The average molecular weight is 469 g/mol. The highest BCUT2D eigenvalue weighted by atomic mass is 79.9. The van der Waals surface area contributed by atoms with Crippen molar-refractivity contribution < 1.29 is 18.7 Å². The van der Waals surface area contributed by atoms with Gasteiger partial charge in [0.1, 0.15) is 18.1 Å². The predicted octanol–water partition coefficient (Wildman–Crippen LogP) is 4.78. The van der Waals surface area contributed by atoms with Crippen LogP contribution in [0.2, 0.25) is 0 Å². The van der Waals surface area contributed by atoms with Crippen LogP contribution >= 0.6 is 15.9 Å². The number of carbonyl (C=O) groups excluding carboxylic acids is 1. The minimum absolute atomic E-state index is 0.225. The van der Waals surface area contributed by atoms with Crippen molar-refractivity contribution in [3.05, 3.63) is 87.8 Å². The molecule has 0 unspecified atom stereocenters. The molecular weight excluding hydrogens is 448 g/mol. The van der Waals surface area contributed by atoms with Crippen LogP contribution in [0.3, 0.4) is 0 Å². The summed E-state index contributed by atoms with van der Waals surface area (Å²) in [7, 11) is 1.59. The van der Waals surface area contributed by atoms with Gasteiger partial charge in [-0.15, -0.1) is 0 Å². The maximum absolute atomic E-state index is 13.0. The molecule has 0 radical (unpaired) electrons. The van der Waals surface area contributed by atoms with Crippen molar-refractivity contribution in [1.29, 1.82) is 5.26 Å². The molecule has 154 valence electrons. The smallest absolute Gasteiger partial charge is 0.289 e. The van der Waals surface area contributed by atoms with Gasteiger partial charge in [-0.25, -0.2) is 0 Å². The van der Waals surface area contributed by atoms with Gasteiger partial charge in [-0.1, -0.05) is 28.1 Å². The fourth-order valence-electron chi connectivity index (χ4n) is 2.77. The number of halogens is 1. The zero-order valence-corrected chi connectivity index (χ0v) is 18.1. The van der Waals surface area contributed by atoms with E-state index in [-0.39, 0.29) is 18.3 Å². The number of furan rings is 1. The normalized spacial score (nSPS) is 10.4. The lowest BCUT2D eigenvalue weighted by atomic mass is 10.1. The summed E-state index contributed by atoms with van der Waals surface area (Å²) in [4.78, 5) is 14.6. The van der Waals surface area contributed by atoms with E-state index in [1.165, 1.54) is 0 Å². The Hall–Kier alpha value is -3.08. The third-order valence-electron chi connectivity index (χ3n) is 4.38. The molecule has 3 rings (SSSR count). The number of methoxy groups -OCH3 is 1. The van der Waals surface area contributed by atoms with E-state index in [0.717, 1.165) is 10.0 Å². The van der Waals surface area contributed by atoms with Crippen LogP contribution < -0.4 is 4.74 Å². The first-order chi connectivity index (χ1) is 14.6. The molecule has 3 aromatic rings. The third-order valence-corrected chi connectivity index (χ3v) is 4.90. The van der Waals surface area contributed by atoms with Crippen LogP contribution in [0.5, 0.6) is 5.75 Å². The first-order valence-corrected chi connectivity index (χ1v) is 10.1. The van der Waals surface area contributed by atoms with Crippen LogP contribution in [0, 0.1) is 11.3 Å². The Morgan fingerprint density at radius 1 is 1.10 bits per heavy atom. The molecule has 30 heavy (non-hydrogen) atoms. The summed E-state index contributed by atoms with van der Waals surface area (Å²) in [5, 5.41) is 8.94. The summed E-state index contributed by atoms with van der Waals surface area (Å²) in [6.07, 6.45) is 0. The number of nitrogens with zero attached hydrogens (tertiary/aromatic N) is 2. The lowest BCUT2D eigenvalue weighted by Gasteiger charge is -2.21. The highest BCUT2D eigenvalue weighted by Crippen LogP contribution is 2.19. The molecule has 0 aliphatic carbocycles. The average Bonchev–Trinajstić information content (AvgIpc) is 3.25. The molecule has 0 N–H and O–H groups in total. The van der Waals surface area contributed by atoms with Gasteiger partial charge in [0.2, 0.25) is 0 Å². The van der Waals surface area contributed by atoms with E-state index in [0.29, 0.717) is 36.8 Å². The summed E-state index contributed by atoms with van der Waals surface area (Å²) < 4.78 is 17.5. The molecule has 6 nitrogen and oxygen atoms in total. The van der Waals surface area contributed by atoms with Crippen LogP contribution in [0.25, 0.3) is 0 Å². The second-order valence-corrected chi connectivity index (χ2v) is 7.45. The van der Waals surface area contributed by atoms with Crippen molar-refractivity contribution in [3.63, 3.8) is 0 Å². The monoisotopic (exact) mass is 468 g/mol. The largest absolute Gasteiger partial charge is 0.486 e. The van der Waals surface area contributed by atoms with Gasteiger partial charge in [-0.3, -0.25) is 4.79 Å². The minimum Gasteiger partial charge on any atom is -0.486 e. The number of rotatable bonds is 9.